The first-order valence-corrected chi connectivity index (χ1v) is 8.23. The number of fused-ring (bicyclic) bond motifs is 1. The highest BCUT2D eigenvalue weighted by Gasteiger charge is 2.14. The van der Waals surface area contributed by atoms with E-state index in [0.29, 0.717) is 16.7 Å². The maximum absolute atomic E-state index is 12.3. The van der Waals surface area contributed by atoms with E-state index in [1.54, 1.807) is 29.8 Å². The molecule has 2 heterocycles. The lowest BCUT2D eigenvalue weighted by atomic mass is 10.2. The van der Waals surface area contributed by atoms with Crippen molar-refractivity contribution in [3.8, 4) is 0 Å². The Hall–Kier alpha value is -2.68. The molecule has 0 saturated heterocycles. The highest BCUT2D eigenvalue weighted by molar-refractivity contribution is 9.10. The quantitative estimate of drug-likeness (QED) is 0.604. The molecule has 0 bridgehead atoms. The average Bonchev–Trinajstić information content (AvgIpc) is 3.02. The summed E-state index contributed by atoms with van der Waals surface area (Å²) in [5, 5.41) is 0. The van der Waals surface area contributed by atoms with Crippen molar-refractivity contribution in [1.82, 2.24) is 18.7 Å². The maximum atomic E-state index is 12.3. The van der Waals surface area contributed by atoms with Crippen LogP contribution in [0.3, 0.4) is 0 Å². The van der Waals surface area contributed by atoms with Gasteiger partial charge in [0.05, 0.1) is 18.4 Å². The van der Waals surface area contributed by atoms with Gasteiger partial charge in [-0.05, 0) is 18.2 Å². The number of hydrogen-bond donors (Lipinski definition) is 0. The van der Waals surface area contributed by atoms with E-state index in [2.05, 4.69) is 20.9 Å². The van der Waals surface area contributed by atoms with Gasteiger partial charge in [-0.25, -0.2) is 14.6 Å². The minimum absolute atomic E-state index is 0.0722. The number of carbonyl (C=O) groups excluding carboxylic acids is 1. The Balaban J connectivity index is 1.80. The molecular formula is C16H15BrN4O4. The van der Waals surface area contributed by atoms with Crippen LogP contribution >= 0.6 is 15.9 Å². The van der Waals surface area contributed by atoms with Gasteiger partial charge < -0.3 is 9.30 Å². The average molecular weight is 407 g/mol. The monoisotopic (exact) mass is 406 g/mol. The van der Waals surface area contributed by atoms with Crippen LogP contribution in [0.4, 0.5) is 0 Å². The van der Waals surface area contributed by atoms with Gasteiger partial charge in [-0.15, -0.1) is 0 Å². The molecule has 0 aliphatic carbocycles. The molecule has 0 aliphatic rings. The Morgan fingerprint density at radius 1 is 1.24 bits per heavy atom. The smallest absolute Gasteiger partial charge is 0.338 e. The summed E-state index contributed by atoms with van der Waals surface area (Å²) in [6, 6.07) is 6.88. The second-order valence-corrected chi connectivity index (χ2v) is 6.38. The number of hydrogen-bond acceptors (Lipinski definition) is 5. The van der Waals surface area contributed by atoms with Gasteiger partial charge in [0.15, 0.2) is 11.2 Å². The predicted molar refractivity (Wildman–Crippen MR) is 94.6 cm³/mol. The summed E-state index contributed by atoms with van der Waals surface area (Å²) in [4.78, 5) is 40.4. The van der Waals surface area contributed by atoms with Crippen molar-refractivity contribution in [3.63, 3.8) is 0 Å². The van der Waals surface area contributed by atoms with Crippen molar-refractivity contribution in [1.29, 1.82) is 0 Å². The maximum Gasteiger partial charge on any atom is 0.338 e. The zero-order chi connectivity index (χ0) is 18.1. The number of ether oxygens (including phenoxy) is 1. The number of benzene rings is 1. The molecule has 1 aromatic carbocycles. The second kappa shape index (κ2) is 6.67. The molecule has 9 heteroatoms. The lowest BCUT2D eigenvalue weighted by molar-refractivity contribution is 0.0492. The summed E-state index contributed by atoms with van der Waals surface area (Å²) in [5.41, 5.74) is 0.149. The summed E-state index contributed by atoms with van der Waals surface area (Å²) in [6.45, 7) is 0.326. The van der Waals surface area contributed by atoms with Gasteiger partial charge in [0, 0.05) is 18.6 Å². The van der Waals surface area contributed by atoms with Crippen LogP contribution in [0.1, 0.15) is 10.4 Å². The van der Waals surface area contributed by atoms with Crippen molar-refractivity contribution in [2.75, 3.05) is 6.61 Å². The van der Waals surface area contributed by atoms with Crippen LogP contribution in [-0.4, -0.2) is 31.3 Å². The third kappa shape index (κ3) is 3.14. The van der Waals surface area contributed by atoms with E-state index in [4.69, 9.17) is 4.74 Å². The number of rotatable bonds is 4. The van der Waals surface area contributed by atoms with Crippen LogP contribution in [0, 0.1) is 0 Å². The van der Waals surface area contributed by atoms with Gasteiger partial charge in [0.2, 0.25) is 0 Å². The fraction of sp³-hybridized carbons (Fsp3) is 0.250. The van der Waals surface area contributed by atoms with Crippen LogP contribution in [0.25, 0.3) is 11.2 Å². The van der Waals surface area contributed by atoms with Crippen molar-refractivity contribution < 1.29 is 9.53 Å². The first-order valence-electron chi connectivity index (χ1n) is 7.43. The van der Waals surface area contributed by atoms with Crippen LogP contribution in [-0.2, 0) is 25.4 Å². The number of carbonyl (C=O) groups is 1. The number of esters is 1. The van der Waals surface area contributed by atoms with Crippen LogP contribution in [0.2, 0.25) is 0 Å². The fourth-order valence-electron chi connectivity index (χ4n) is 2.50. The molecule has 25 heavy (non-hydrogen) atoms. The Labute approximate surface area is 150 Å². The van der Waals surface area contributed by atoms with Gasteiger partial charge in [0.25, 0.3) is 5.56 Å². The molecule has 130 valence electrons. The Morgan fingerprint density at radius 2 is 2.00 bits per heavy atom. The van der Waals surface area contributed by atoms with E-state index in [1.165, 1.54) is 17.9 Å². The summed E-state index contributed by atoms with van der Waals surface area (Å²) < 4.78 is 9.93. The molecule has 0 atom stereocenters. The lowest BCUT2D eigenvalue weighted by Gasteiger charge is -2.08. The Bertz CT molecular complexity index is 1080. The first-order chi connectivity index (χ1) is 11.9. The van der Waals surface area contributed by atoms with Gasteiger partial charge in [-0.1, -0.05) is 22.0 Å². The molecule has 3 rings (SSSR count). The Kier molecular flexibility index (Phi) is 4.58. The second-order valence-electron chi connectivity index (χ2n) is 5.46. The number of aromatic nitrogens is 4. The molecule has 0 radical (unpaired) electrons. The van der Waals surface area contributed by atoms with E-state index in [9.17, 15) is 14.4 Å². The Morgan fingerprint density at radius 3 is 2.72 bits per heavy atom. The number of imidazole rings is 1. The molecular weight excluding hydrogens is 392 g/mol. The standard InChI is InChI=1S/C16H15BrN4O4/c1-19-13-12(14(22)20(2)16(19)24)21(9-18-13)6-7-25-15(23)10-4-3-5-11(17)8-10/h3-5,8-9H,6-7H2,1-2H3. The zero-order valence-electron chi connectivity index (χ0n) is 13.6. The molecule has 0 N–H and O–H groups in total. The van der Waals surface area contributed by atoms with E-state index in [-0.39, 0.29) is 13.2 Å². The summed E-state index contributed by atoms with van der Waals surface area (Å²) >= 11 is 3.30. The van der Waals surface area contributed by atoms with Crippen molar-refractivity contribution in [2.45, 2.75) is 6.54 Å². The molecule has 0 unspecified atom stereocenters. The molecule has 0 spiro atoms. The summed E-state index contributed by atoms with van der Waals surface area (Å²) in [7, 11) is 2.96. The molecule has 0 saturated carbocycles. The molecule has 2 aromatic heterocycles. The highest BCUT2D eigenvalue weighted by Crippen LogP contribution is 2.12. The number of nitrogens with zero attached hydrogens (tertiary/aromatic N) is 4. The number of halogens is 1. The van der Waals surface area contributed by atoms with E-state index >= 15 is 0 Å². The van der Waals surface area contributed by atoms with E-state index in [0.717, 1.165) is 9.04 Å². The van der Waals surface area contributed by atoms with Crippen molar-refractivity contribution >= 4 is 33.1 Å². The van der Waals surface area contributed by atoms with Crippen LogP contribution in [0.5, 0.6) is 0 Å². The zero-order valence-corrected chi connectivity index (χ0v) is 15.2. The third-order valence-corrected chi connectivity index (χ3v) is 4.34. The summed E-state index contributed by atoms with van der Waals surface area (Å²) in [6.07, 6.45) is 1.46. The molecule has 8 nitrogen and oxygen atoms in total. The van der Waals surface area contributed by atoms with Crippen molar-refractivity contribution in [3.05, 3.63) is 61.5 Å². The van der Waals surface area contributed by atoms with Gasteiger partial charge in [-0.3, -0.25) is 13.9 Å². The minimum Gasteiger partial charge on any atom is -0.460 e. The molecule has 0 aliphatic heterocycles. The molecule has 0 fully saturated rings. The minimum atomic E-state index is -0.453. The largest absolute Gasteiger partial charge is 0.460 e. The lowest BCUT2D eigenvalue weighted by Crippen LogP contribution is -2.37. The SMILES string of the molecule is Cn1c(=O)c2c(ncn2CCOC(=O)c2cccc(Br)c2)n(C)c1=O. The molecule has 3 aromatic rings. The van der Waals surface area contributed by atoms with Gasteiger partial charge in [0.1, 0.15) is 6.61 Å². The van der Waals surface area contributed by atoms with Gasteiger partial charge >= 0.3 is 11.7 Å². The fourth-order valence-corrected chi connectivity index (χ4v) is 2.90. The topological polar surface area (TPSA) is 88.1 Å². The molecule has 0 amide bonds. The van der Waals surface area contributed by atoms with Gasteiger partial charge in [-0.2, -0.15) is 0 Å². The van der Waals surface area contributed by atoms with Crippen LogP contribution in [0.15, 0.2) is 44.7 Å². The normalized spacial score (nSPS) is 11.0. The number of aryl methyl sites for hydroxylation is 1. The summed E-state index contributed by atoms with van der Waals surface area (Å²) in [5.74, 6) is -0.453. The highest BCUT2D eigenvalue weighted by atomic mass is 79.9. The third-order valence-electron chi connectivity index (χ3n) is 3.84. The van der Waals surface area contributed by atoms with E-state index < -0.39 is 17.2 Å². The van der Waals surface area contributed by atoms with Crippen molar-refractivity contribution in [2.24, 2.45) is 14.1 Å². The predicted octanol–water partition coefficient (Wildman–Crippen LogP) is 1.05. The van der Waals surface area contributed by atoms with E-state index in [1.807, 2.05) is 6.07 Å². The van der Waals surface area contributed by atoms with Crippen LogP contribution < -0.4 is 11.2 Å². The first kappa shape index (κ1) is 17.2.